The molecule has 0 aliphatic carbocycles. The quantitative estimate of drug-likeness (QED) is 0.130. The molecule has 3 atom stereocenters. The second kappa shape index (κ2) is 15.7. The number of hydroxylamine groups is 1. The Morgan fingerprint density at radius 1 is 1.19 bits per heavy atom. The van der Waals surface area contributed by atoms with Crippen LogP contribution in [0.5, 0.6) is 0 Å². The average Bonchev–Trinajstić information content (AvgIpc) is 2.88. The SMILES string of the molecule is C=CC(=N[C@H](CC(C)C)C(=O)N[C@@H](C)c1ccccc1)N/C=C(C)/C=C/C(=O)NOC1CCCCO1. The molecule has 1 aromatic rings. The fraction of sp³-hybridized carbons (Fsp3) is 0.464. The highest BCUT2D eigenvalue weighted by Crippen LogP contribution is 2.15. The summed E-state index contributed by atoms with van der Waals surface area (Å²) in [5, 5.41) is 6.14. The zero-order chi connectivity index (χ0) is 26.3. The number of hydrogen-bond acceptors (Lipinski definition) is 5. The van der Waals surface area contributed by atoms with Crippen molar-refractivity contribution in [2.45, 2.75) is 71.8 Å². The Morgan fingerprint density at radius 3 is 2.58 bits per heavy atom. The van der Waals surface area contributed by atoms with Crippen molar-refractivity contribution in [3.8, 4) is 0 Å². The average molecular weight is 497 g/mol. The van der Waals surface area contributed by atoms with Gasteiger partial charge in [0.05, 0.1) is 6.04 Å². The number of rotatable bonds is 12. The van der Waals surface area contributed by atoms with Crippen LogP contribution < -0.4 is 16.1 Å². The number of amidine groups is 1. The third-order valence-electron chi connectivity index (χ3n) is 5.52. The summed E-state index contributed by atoms with van der Waals surface area (Å²) in [6.07, 6.45) is 9.28. The van der Waals surface area contributed by atoms with Gasteiger partial charge in [0, 0.05) is 25.3 Å². The fourth-order valence-electron chi connectivity index (χ4n) is 3.52. The molecule has 0 saturated carbocycles. The summed E-state index contributed by atoms with van der Waals surface area (Å²) in [6.45, 7) is 12.4. The van der Waals surface area contributed by atoms with Gasteiger partial charge in [-0.1, -0.05) is 56.8 Å². The van der Waals surface area contributed by atoms with Crippen molar-refractivity contribution >= 4 is 17.6 Å². The molecule has 2 rings (SSSR count). The van der Waals surface area contributed by atoms with Crippen LogP contribution in [-0.4, -0.2) is 36.6 Å². The number of amides is 2. The molecule has 1 heterocycles. The number of ether oxygens (including phenoxy) is 1. The van der Waals surface area contributed by atoms with Crippen LogP contribution in [0.4, 0.5) is 0 Å². The molecule has 36 heavy (non-hydrogen) atoms. The summed E-state index contributed by atoms with van der Waals surface area (Å²) < 4.78 is 5.41. The van der Waals surface area contributed by atoms with Gasteiger partial charge in [-0.25, -0.2) is 10.3 Å². The van der Waals surface area contributed by atoms with Gasteiger partial charge in [-0.2, -0.15) is 0 Å². The van der Waals surface area contributed by atoms with Gasteiger partial charge in [0.2, 0.25) is 5.91 Å². The van der Waals surface area contributed by atoms with Gasteiger partial charge in [0.1, 0.15) is 11.9 Å². The van der Waals surface area contributed by atoms with Gasteiger partial charge in [0.25, 0.3) is 5.91 Å². The first-order chi connectivity index (χ1) is 17.3. The van der Waals surface area contributed by atoms with E-state index in [0.29, 0.717) is 18.9 Å². The maximum atomic E-state index is 13.0. The van der Waals surface area contributed by atoms with E-state index in [2.05, 4.69) is 41.5 Å². The molecular weight excluding hydrogens is 456 g/mol. The Labute approximate surface area is 214 Å². The third-order valence-corrected chi connectivity index (χ3v) is 5.52. The van der Waals surface area contributed by atoms with Gasteiger partial charge in [-0.15, -0.1) is 0 Å². The lowest BCUT2D eigenvalue weighted by Crippen LogP contribution is -2.37. The molecular formula is C28H40N4O4. The van der Waals surface area contributed by atoms with E-state index in [1.54, 1.807) is 18.4 Å². The number of aliphatic imine (C=N–C) groups is 1. The lowest BCUT2D eigenvalue weighted by Gasteiger charge is -2.21. The largest absolute Gasteiger partial charge is 0.350 e. The van der Waals surface area contributed by atoms with E-state index in [-0.39, 0.29) is 23.8 Å². The lowest BCUT2D eigenvalue weighted by molar-refractivity contribution is -0.198. The Bertz CT molecular complexity index is 934. The summed E-state index contributed by atoms with van der Waals surface area (Å²) in [7, 11) is 0. The molecule has 0 bridgehead atoms. The lowest BCUT2D eigenvalue weighted by atomic mass is 10.0. The molecule has 3 N–H and O–H groups in total. The summed E-state index contributed by atoms with van der Waals surface area (Å²) in [4.78, 5) is 34.9. The molecule has 8 nitrogen and oxygen atoms in total. The van der Waals surface area contributed by atoms with Crippen molar-refractivity contribution in [2.75, 3.05) is 6.61 Å². The van der Waals surface area contributed by atoms with E-state index in [9.17, 15) is 9.59 Å². The van der Waals surface area contributed by atoms with Crippen LogP contribution in [0.2, 0.25) is 0 Å². The minimum atomic E-state index is -0.564. The third kappa shape index (κ3) is 11.0. The zero-order valence-corrected chi connectivity index (χ0v) is 21.8. The standard InChI is InChI=1S/C28H40N4O4/c1-6-25(29-19-21(4)15-16-26(33)32-36-27-14-10-11-17-35-27)31-24(18-20(2)3)28(34)30-22(5)23-12-8-7-9-13-23/h6-9,12-13,15-16,19-20,22,24,27H,1,10-11,14,17-18H2,2-5H3,(H,29,31)(H,30,34)(H,32,33)/b16-15+,21-19+/t22-,24+,27?/m0/s1. The van der Waals surface area contributed by atoms with Crippen molar-refractivity contribution in [3.05, 3.63) is 72.5 Å². The van der Waals surface area contributed by atoms with Gasteiger partial charge < -0.3 is 15.4 Å². The van der Waals surface area contributed by atoms with E-state index in [1.807, 2.05) is 44.2 Å². The Kier molecular flexibility index (Phi) is 12.6. The van der Waals surface area contributed by atoms with Crippen LogP contribution >= 0.6 is 0 Å². The van der Waals surface area contributed by atoms with E-state index >= 15 is 0 Å². The first kappa shape index (κ1) is 29.0. The van der Waals surface area contributed by atoms with E-state index < -0.39 is 12.3 Å². The molecule has 0 aromatic heterocycles. The number of hydrogen-bond donors (Lipinski definition) is 3. The summed E-state index contributed by atoms with van der Waals surface area (Å²) in [5.74, 6) is 0.233. The van der Waals surface area contributed by atoms with Crippen LogP contribution in [-0.2, 0) is 19.2 Å². The maximum Gasteiger partial charge on any atom is 0.267 e. The number of carbonyl (C=O) groups excluding carboxylic acids is 2. The highest BCUT2D eigenvalue weighted by atomic mass is 16.8. The monoisotopic (exact) mass is 496 g/mol. The van der Waals surface area contributed by atoms with E-state index in [1.165, 1.54) is 6.08 Å². The molecule has 1 aliphatic rings. The van der Waals surface area contributed by atoms with Gasteiger partial charge >= 0.3 is 0 Å². The molecule has 1 aliphatic heterocycles. The predicted octanol–water partition coefficient (Wildman–Crippen LogP) is 4.49. The summed E-state index contributed by atoms with van der Waals surface area (Å²) >= 11 is 0. The van der Waals surface area contributed by atoms with Crippen LogP contribution in [0.1, 0.15) is 65.0 Å². The number of nitrogens with one attached hydrogen (secondary N) is 3. The van der Waals surface area contributed by atoms with E-state index in [0.717, 1.165) is 30.4 Å². The second-order valence-electron chi connectivity index (χ2n) is 9.25. The molecule has 0 radical (unpaired) electrons. The van der Waals surface area contributed by atoms with Crippen molar-refractivity contribution in [1.29, 1.82) is 0 Å². The molecule has 2 amide bonds. The van der Waals surface area contributed by atoms with Gasteiger partial charge in [-0.3, -0.25) is 14.6 Å². The molecule has 8 heteroatoms. The van der Waals surface area contributed by atoms with Crippen LogP contribution in [0.25, 0.3) is 0 Å². The van der Waals surface area contributed by atoms with Crippen molar-refractivity contribution < 1.29 is 19.2 Å². The normalized spacial score (nSPS) is 18.5. The second-order valence-corrected chi connectivity index (χ2v) is 9.25. The van der Waals surface area contributed by atoms with Crippen LogP contribution in [0.3, 0.4) is 0 Å². The number of nitrogens with zero attached hydrogens (tertiary/aromatic N) is 1. The number of allylic oxidation sites excluding steroid dienone is 2. The fourth-order valence-corrected chi connectivity index (χ4v) is 3.52. The Hall–Kier alpha value is -3.23. The van der Waals surface area contributed by atoms with Gasteiger partial charge in [-0.05, 0) is 56.2 Å². The van der Waals surface area contributed by atoms with Crippen molar-refractivity contribution in [3.63, 3.8) is 0 Å². The minimum absolute atomic E-state index is 0.129. The molecule has 1 aromatic carbocycles. The molecule has 196 valence electrons. The summed E-state index contributed by atoms with van der Waals surface area (Å²) in [5.41, 5.74) is 4.19. The Morgan fingerprint density at radius 2 is 1.94 bits per heavy atom. The first-order valence-corrected chi connectivity index (χ1v) is 12.5. The zero-order valence-electron chi connectivity index (χ0n) is 21.8. The maximum absolute atomic E-state index is 13.0. The topological polar surface area (TPSA) is 101 Å². The first-order valence-electron chi connectivity index (χ1n) is 12.5. The highest BCUT2D eigenvalue weighted by molar-refractivity contribution is 5.95. The van der Waals surface area contributed by atoms with E-state index in [4.69, 9.17) is 9.57 Å². The minimum Gasteiger partial charge on any atom is -0.350 e. The molecule has 1 saturated heterocycles. The summed E-state index contributed by atoms with van der Waals surface area (Å²) in [6, 6.07) is 9.13. The molecule has 1 unspecified atom stereocenters. The molecule has 1 fully saturated rings. The molecule has 0 spiro atoms. The predicted molar refractivity (Wildman–Crippen MR) is 143 cm³/mol. The van der Waals surface area contributed by atoms with Crippen LogP contribution in [0.15, 0.2) is 71.9 Å². The number of benzene rings is 1. The smallest absolute Gasteiger partial charge is 0.267 e. The van der Waals surface area contributed by atoms with Gasteiger partial charge in [0.15, 0.2) is 6.29 Å². The van der Waals surface area contributed by atoms with Crippen molar-refractivity contribution in [1.82, 2.24) is 16.1 Å². The van der Waals surface area contributed by atoms with Crippen molar-refractivity contribution in [2.24, 2.45) is 10.9 Å². The number of carbonyl (C=O) groups is 2. The Balaban J connectivity index is 1.95. The van der Waals surface area contributed by atoms with Crippen LogP contribution in [0, 0.1) is 5.92 Å². The highest BCUT2D eigenvalue weighted by Gasteiger charge is 2.21.